The van der Waals surface area contributed by atoms with E-state index in [9.17, 15) is 14.0 Å². The molecule has 0 unspecified atom stereocenters. The molecule has 0 aliphatic carbocycles. The van der Waals surface area contributed by atoms with Crippen LogP contribution in [-0.2, 0) is 4.79 Å². The summed E-state index contributed by atoms with van der Waals surface area (Å²) < 4.78 is 20.2. The van der Waals surface area contributed by atoms with Crippen LogP contribution in [0.1, 0.15) is 16.1 Å². The number of benzene rings is 2. The summed E-state index contributed by atoms with van der Waals surface area (Å²) >= 11 is 1.17. The number of aromatic nitrogens is 3. The topological polar surface area (TPSA) is 102 Å². The summed E-state index contributed by atoms with van der Waals surface area (Å²) in [4.78, 5) is 24.3. The van der Waals surface area contributed by atoms with E-state index in [1.165, 1.54) is 36.0 Å². The first kappa shape index (κ1) is 21.3. The quantitative estimate of drug-likeness (QED) is 0.344. The normalized spacial score (nSPS) is 10.7. The third kappa shape index (κ3) is 4.70. The predicted molar refractivity (Wildman–Crippen MR) is 117 cm³/mol. The second-order valence-electron chi connectivity index (χ2n) is 6.67. The lowest BCUT2D eigenvalue weighted by Gasteiger charge is -2.10. The number of aryl methyl sites for hydroxylation is 1. The smallest absolute Gasteiger partial charge is 0.269 e. The molecule has 2 N–H and O–H groups in total. The second-order valence-corrected chi connectivity index (χ2v) is 7.61. The Bertz CT molecular complexity index is 1240. The number of halogens is 1. The van der Waals surface area contributed by atoms with E-state index in [0.717, 1.165) is 11.3 Å². The van der Waals surface area contributed by atoms with Crippen molar-refractivity contribution in [2.45, 2.75) is 12.1 Å². The number of hydrazine groups is 1. The molecule has 2 aromatic carbocycles. The van der Waals surface area contributed by atoms with Crippen LogP contribution >= 0.6 is 11.8 Å². The maximum Gasteiger partial charge on any atom is 0.269 e. The summed E-state index contributed by atoms with van der Waals surface area (Å²) in [5.74, 6) is -0.154. The molecule has 0 saturated carbocycles. The van der Waals surface area contributed by atoms with Crippen molar-refractivity contribution >= 4 is 23.6 Å². The van der Waals surface area contributed by atoms with Crippen molar-refractivity contribution in [1.29, 1.82) is 0 Å². The number of rotatable bonds is 6. The van der Waals surface area contributed by atoms with Crippen molar-refractivity contribution < 1.29 is 18.4 Å². The molecule has 0 fully saturated rings. The Hall–Kier alpha value is -3.92. The Morgan fingerprint density at radius 3 is 2.47 bits per heavy atom. The minimum Gasteiger partial charge on any atom is -0.469 e. The third-order valence-corrected chi connectivity index (χ3v) is 5.43. The zero-order valence-electron chi connectivity index (χ0n) is 16.9. The molecule has 2 aromatic heterocycles. The Kier molecular flexibility index (Phi) is 6.31. The number of nitrogens with one attached hydrogen (secondary N) is 2. The highest BCUT2D eigenvalue weighted by molar-refractivity contribution is 7.99. The Balaban J connectivity index is 1.45. The number of carbonyl (C=O) groups excluding carboxylic acids is 2. The van der Waals surface area contributed by atoms with E-state index in [-0.39, 0.29) is 11.3 Å². The minimum absolute atomic E-state index is 0.0148. The summed E-state index contributed by atoms with van der Waals surface area (Å²) in [6, 6.07) is 16.3. The fourth-order valence-corrected chi connectivity index (χ4v) is 3.68. The van der Waals surface area contributed by atoms with Crippen LogP contribution in [-0.4, -0.2) is 32.3 Å². The maximum absolute atomic E-state index is 13.0. The number of para-hydroxylation sites is 1. The summed E-state index contributed by atoms with van der Waals surface area (Å²) in [6.45, 7) is 1.84. The van der Waals surface area contributed by atoms with Crippen molar-refractivity contribution in [3.8, 4) is 17.1 Å². The fraction of sp³-hybridized carbons (Fsp3) is 0.0909. The van der Waals surface area contributed by atoms with Crippen LogP contribution in [0.2, 0.25) is 0 Å². The number of amides is 2. The van der Waals surface area contributed by atoms with Crippen LogP contribution in [0.5, 0.6) is 0 Å². The van der Waals surface area contributed by atoms with Gasteiger partial charge in [0.1, 0.15) is 11.6 Å². The van der Waals surface area contributed by atoms with E-state index < -0.39 is 17.6 Å². The van der Waals surface area contributed by atoms with Gasteiger partial charge in [-0.05, 0) is 49.4 Å². The summed E-state index contributed by atoms with van der Waals surface area (Å²) in [5, 5.41) is 9.05. The molecule has 4 aromatic rings. The number of carbonyl (C=O) groups is 2. The van der Waals surface area contributed by atoms with Crippen molar-refractivity contribution in [2.24, 2.45) is 0 Å². The van der Waals surface area contributed by atoms with Crippen LogP contribution in [0.4, 0.5) is 4.39 Å². The van der Waals surface area contributed by atoms with Crippen LogP contribution in [0.25, 0.3) is 17.1 Å². The number of furan rings is 1. The van der Waals surface area contributed by atoms with E-state index >= 15 is 0 Å². The molecule has 8 nitrogen and oxygen atoms in total. The van der Waals surface area contributed by atoms with Crippen LogP contribution in [0.3, 0.4) is 0 Å². The Morgan fingerprint density at radius 1 is 1.03 bits per heavy atom. The summed E-state index contributed by atoms with van der Waals surface area (Å²) in [6.07, 6.45) is 1.58. The highest BCUT2D eigenvalue weighted by atomic mass is 32.2. The van der Waals surface area contributed by atoms with E-state index in [2.05, 4.69) is 21.0 Å². The molecular weight excluding hydrogens is 433 g/mol. The predicted octanol–water partition coefficient (Wildman–Crippen LogP) is 3.53. The zero-order valence-corrected chi connectivity index (χ0v) is 17.7. The van der Waals surface area contributed by atoms with Crippen LogP contribution in [0, 0.1) is 12.7 Å². The van der Waals surface area contributed by atoms with Gasteiger partial charge in [-0.2, -0.15) is 0 Å². The fourth-order valence-electron chi connectivity index (χ4n) is 2.93. The lowest BCUT2D eigenvalue weighted by atomic mass is 10.2. The Morgan fingerprint density at radius 2 is 1.78 bits per heavy atom. The largest absolute Gasteiger partial charge is 0.469 e. The van der Waals surface area contributed by atoms with Crippen molar-refractivity contribution in [1.82, 2.24) is 25.6 Å². The lowest BCUT2D eigenvalue weighted by Crippen LogP contribution is -2.42. The SMILES string of the molecule is Cc1occc1-c1nnc(SCC(=O)NNC(=O)c2ccc(F)cc2)n1-c1ccccc1. The first-order chi connectivity index (χ1) is 15.5. The molecule has 0 bridgehead atoms. The molecule has 0 saturated heterocycles. The summed E-state index contributed by atoms with van der Waals surface area (Å²) in [7, 11) is 0. The molecule has 0 aliphatic rings. The van der Waals surface area contributed by atoms with E-state index in [1.54, 1.807) is 6.26 Å². The number of hydrogen-bond acceptors (Lipinski definition) is 6. The van der Waals surface area contributed by atoms with Gasteiger partial charge in [0.15, 0.2) is 11.0 Å². The van der Waals surface area contributed by atoms with Gasteiger partial charge in [0, 0.05) is 11.3 Å². The lowest BCUT2D eigenvalue weighted by molar-refractivity contribution is -0.119. The van der Waals surface area contributed by atoms with E-state index in [0.29, 0.717) is 16.7 Å². The van der Waals surface area contributed by atoms with Crippen molar-refractivity contribution in [2.75, 3.05) is 5.75 Å². The first-order valence-electron chi connectivity index (χ1n) is 9.56. The van der Waals surface area contributed by atoms with Gasteiger partial charge in [-0.25, -0.2) is 4.39 Å². The molecule has 10 heteroatoms. The van der Waals surface area contributed by atoms with Gasteiger partial charge in [0.25, 0.3) is 5.91 Å². The van der Waals surface area contributed by atoms with Gasteiger partial charge in [0.05, 0.1) is 17.6 Å². The second kappa shape index (κ2) is 9.48. The van der Waals surface area contributed by atoms with Gasteiger partial charge in [-0.3, -0.25) is 25.0 Å². The van der Waals surface area contributed by atoms with Gasteiger partial charge in [-0.1, -0.05) is 30.0 Å². The number of thioether (sulfide) groups is 1. The third-order valence-electron chi connectivity index (χ3n) is 4.50. The van der Waals surface area contributed by atoms with E-state index in [1.807, 2.05) is 47.9 Å². The molecule has 2 amide bonds. The van der Waals surface area contributed by atoms with Crippen LogP contribution in [0.15, 0.2) is 76.5 Å². The Labute approximate surface area is 186 Å². The highest BCUT2D eigenvalue weighted by Crippen LogP contribution is 2.30. The molecule has 162 valence electrons. The molecule has 0 spiro atoms. The monoisotopic (exact) mass is 451 g/mol. The average molecular weight is 451 g/mol. The van der Waals surface area contributed by atoms with Gasteiger partial charge in [-0.15, -0.1) is 10.2 Å². The molecule has 0 atom stereocenters. The molecule has 0 radical (unpaired) electrons. The molecular formula is C22H18FN5O3S. The number of nitrogens with zero attached hydrogens (tertiary/aromatic N) is 3. The summed E-state index contributed by atoms with van der Waals surface area (Å²) in [5.41, 5.74) is 6.50. The molecule has 32 heavy (non-hydrogen) atoms. The van der Waals surface area contributed by atoms with Gasteiger partial charge >= 0.3 is 0 Å². The van der Waals surface area contributed by atoms with Gasteiger partial charge < -0.3 is 4.42 Å². The molecule has 2 heterocycles. The minimum atomic E-state index is -0.548. The van der Waals surface area contributed by atoms with E-state index in [4.69, 9.17) is 4.42 Å². The van der Waals surface area contributed by atoms with Crippen LogP contribution < -0.4 is 10.9 Å². The maximum atomic E-state index is 13.0. The first-order valence-corrected chi connectivity index (χ1v) is 10.5. The van der Waals surface area contributed by atoms with Crippen molar-refractivity contribution in [3.05, 3.63) is 84.1 Å². The molecule has 4 rings (SSSR count). The van der Waals surface area contributed by atoms with Crippen molar-refractivity contribution in [3.63, 3.8) is 0 Å². The number of hydrogen-bond donors (Lipinski definition) is 2. The zero-order chi connectivity index (χ0) is 22.5. The average Bonchev–Trinajstić information content (AvgIpc) is 3.42. The molecule has 0 aliphatic heterocycles. The van der Waals surface area contributed by atoms with Gasteiger partial charge in [0.2, 0.25) is 5.91 Å². The highest BCUT2D eigenvalue weighted by Gasteiger charge is 2.19. The standard InChI is InChI=1S/C22H18FN5O3S/c1-14-18(11-12-31-14)20-25-27-22(28(20)17-5-3-2-4-6-17)32-13-19(29)24-26-21(30)15-7-9-16(23)10-8-15/h2-12H,13H2,1H3,(H,24,29)(H,26,30).